The first-order valence-corrected chi connectivity index (χ1v) is 9.82. The summed E-state index contributed by atoms with van der Waals surface area (Å²) in [6, 6.07) is 16.3. The highest BCUT2D eigenvalue weighted by Gasteiger charge is 2.06. The highest BCUT2D eigenvalue weighted by molar-refractivity contribution is 7.98. The van der Waals surface area contributed by atoms with Crippen molar-refractivity contribution in [2.45, 2.75) is 32.6 Å². The number of thioether (sulfide) groups is 1. The standard InChI is InChI=1S/C8H6N2O2.C8H8O2S.2C2H6/c11-8-9-7(10-12-8)6-4-2-1-3-5-6;1-11-7-5-3-2-4-6(7)8(9)10;2*1-2/h1-5H,(H,9,10,11);2-5H,1H3,(H,9,10);2*1-2H3. The number of nitrogens with zero attached hydrogens (tertiary/aromatic N) is 1. The average Bonchev–Trinajstić information content (AvgIpc) is 3.18. The Kier molecular flexibility index (Phi) is 12.9. The highest BCUT2D eigenvalue weighted by Crippen LogP contribution is 2.19. The van der Waals surface area contributed by atoms with Crippen molar-refractivity contribution in [3.05, 3.63) is 70.7 Å². The quantitative estimate of drug-likeness (QED) is 0.598. The van der Waals surface area contributed by atoms with Gasteiger partial charge in [0.2, 0.25) is 0 Å². The molecule has 1 aromatic heterocycles. The SMILES string of the molecule is CC.CC.CSc1ccccc1C(=O)O.O=c1[nH]c(-c2ccccc2)no1. The van der Waals surface area contributed by atoms with Gasteiger partial charge < -0.3 is 5.11 Å². The predicted molar refractivity (Wildman–Crippen MR) is 110 cm³/mol. The topological polar surface area (TPSA) is 96.2 Å². The highest BCUT2D eigenvalue weighted by atomic mass is 32.2. The van der Waals surface area contributed by atoms with Gasteiger partial charge in [0.1, 0.15) is 0 Å². The molecule has 0 unspecified atom stereocenters. The summed E-state index contributed by atoms with van der Waals surface area (Å²) in [6.45, 7) is 8.00. The fourth-order valence-corrected chi connectivity index (χ4v) is 2.36. The molecular formula is C20H26N2O4S. The molecule has 0 fully saturated rings. The molecule has 3 rings (SSSR count). The Morgan fingerprint density at radius 2 is 1.56 bits per heavy atom. The van der Waals surface area contributed by atoms with Crippen LogP contribution in [0.2, 0.25) is 0 Å². The van der Waals surface area contributed by atoms with Crippen LogP contribution in [0.25, 0.3) is 11.4 Å². The Morgan fingerprint density at radius 3 is 2.00 bits per heavy atom. The molecule has 0 amide bonds. The van der Waals surface area contributed by atoms with Crippen LogP contribution in [0.15, 0.2) is 68.8 Å². The van der Waals surface area contributed by atoms with Crippen molar-refractivity contribution >= 4 is 17.7 Å². The van der Waals surface area contributed by atoms with Gasteiger partial charge >= 0.3 is 11.7 Å². The Bertz CT molecular complexity index is 829. The van der Waals surface area contributed by atoms with Crippen LogP contribution >= 0.6 is 11.8 Å². The van der Waals surface area contributed by atoms with E-state index in [0.717, 1.165) is 10.5 Å². The summed E-state index contributed by atoms with van der Waals surface area (Å²) in [4.78, 5) is 24.4. The Morgan fingerprint density at radius 1 is 1.00 bits per heavy atom. The zero-order valence-corrected chi connectivity index (χ0v) is 17.0. The maximum atomic E-state index is 10.6. The van der Waals surface area contributed by atoms with Crippen molar-refractivity contribution in [1.82, 2.24) is 10.1 Å². The van der Waals surface area contributed by atoms with Crippen LogP contribution in [-0.2, 0) is 0 Å². The van der Waals surface area contributed by atoms with Crippen LogP contribution in [0.4, 0.5) is 0 Å². The minimum Gasteiger partial charge on any atom is -0.478 e. The zero-order valence-electron chi connectivity index (χ0n) is 16.2. The van der Waals surface area contributed by atoms with Crippen molar-refractivity contribution in [2.24, 2.45) is 0 Å². The lowest BCUT2D eigenvalue weighted by Crippen LogP contribution is -1.97. The van der Waals surface area contributed by atoms with Crippen molar-refractivity contribution in [2.75, 3.05) is 6.26 Å². The molecule has 0 spiro atoms. The number of H-pyrrole nitrogens is 1. The maximum Gasteiger partial charge on any atom is 0.439 e. The van der Waals surface area contributed by atoms with Gasteiger partial charge in [0.25, 0.3) is 0 Å². The third kappa shape index (κ3) is 8.42. The van der Waals surface area contributed by atoms with Gasteiger partial charge in [-0.3, -0.25) is 9.51 Å². The maximum absolute atomic E-state index is 10.6. The summed E-state index contributed by atoms with van der Waals surface area (Å²) in [5.74, 6) is -0.940. The number of carboxylic acid groups (broad SMARTS) is 1. The van der Waals surface area contributed by atoms with E-state index in [9.17, 15) is 9.59 Å². The van der Waals surface area contributed by atoms with Gasteiger partial charge in [-0.05, 0) is 18.4 Å². The van der Waals surface area contributed by atoms with Gasteiger partial charge in [-0.15, -0.1) is 11.8 Å². The lowest BCUT2D eigenvalue weighted by Gasteiger charge is -1.99. The van der Waals surface area contributed by atoms with Crippen LogP contribution in [-0.4, -0.2) is 27.5 Å². The number of carboxylic acids is 1. The number of aromatic carboxylic acids is 1. The first-order chi connectivity index (χ1) is 13.1. The molecule has 27 heavy (non-hydrogen) atoms. The van der Waals surface area contributed by atoms with Gasteiger partial charge in [-0.2, -0.15) is 0 Å². The number of hydrogen-bond acceptors (Lipinski definition) is 5. The Labute approximate surface area is 163 Å². The smallest absolute Gasteiger partial charge is 0.439 e. The van der Waals surface area contributed by atoms with E-state index in [1.807, 2.05) is 70.3 Å². The second kappa shape index (κ2) is 14.4. The largest absolute Gasteiger partial charge is 0.478 e. The molecule has 0 aliphatic heterocycles. The fraction of sp³-hybridized carbons (Fsp3) is 0.250. The minimum absolute atomic E-state index is 0.375. The van der Waals surface area contributed by atoms with E-state index in [4.69, 9.17) is 5.11 Å². The third-order valence-electron chi connectivity index (χ3n) is 2.82. The molecule has 6 nitrogen and oxygen atoms in total. The van der Waals surface area contributed by atoms with Crippen molar-refractivity contribution in [1.29, 1.82) is 0 Å². The summed E-state index contributed by atoms with van der Waals surface area (Å²) in [5.41, 5.74) is 1.21. The van der Waals surface area contributed by atoms with Gasteiger partial charge in [0.15, 0.2) is 5.82 Å². The van der Waals surface area contributed by atoms with E-state index in [-0.39, 0.29) is 0 Å². The van der Waals surface area contributed by atoms with Gasteiger partial charge in [0.05, 0.1) is 5.56 Å². The van der Waals surface area contributed by atoms with Gasteiger partial charge in [0, 0.05) is 10.5 Å². The average molecular weight is 391 g/mol. The molecule has 0 atom stereocenters. The monoisotopic (exact) mass is 390 g/mol. The van der Waals surface area contributed by atoms with Gasteiger partial charge in [-0.25, -0.2) is 9.59 Å². The molecule has 0 radical (unpaired) electrons. The second-order valence-corrected chi connectivity index (χ2v) is 5.16. The molecule has 0 aliphatic rings. The number of aromatic nitrogens is 2. The molecule has 1 heterocycles. The number of benzene rings is 2. The van der Waals surface area contributed by atoms with Gasteiger partial charge in [-0.1, -0.05) is 75.3 Å². The molecule has 2 aromatic carbocycles. The number of carbonyl (C=O) groups is 1. The van der Waals surface area contributed by atoms with E-state index in [2.05, 4.69) is 14.7 Å². The van der Waals surface area contributed by atoms with E-state index >= 15 is 0 Å². The lowest BCUT2D eigenvalue weighted by atomic mass is 10.2. The Balaban J connectivity index is 0.000000425. The fourth-order valence-electron chi connectivity index (χ4n) is 1.77. The van der Waals surface area contributed by atoms with Crippen LogP contribution < -0.4 is 5.76 Å². The second-order valence-electron chi connectivity index (χ2n) is 4.32. The van der Waals surface area contributed by atoms with Crippen LogP contribution in [0, 0.1) is 0 Å². The summed E-state index contributed by atoms with van der Waals surface area (Å²) in [7, 11) is 0. The first kappa shape index (κ1) is 24.2. The van der Waals surface area contributed by atoms with Crippen LogP contribution in [0.5, 0.6) is 0 Å². The predicted octanol–water partition coefficient (Wildman–Crippen LogP) is 5.19. The van der Waals surface area contributed by atoms with Crippen molar-refractivity contribution in [3.63, 3.8) is 0 Å². The third-order valence-corrected chi connectivity index (χ3v) is 3.62. The molecule has 0 bridgehead atoms. The molecule has 146 valence electrons. The number of aromatic amines is 1. The number of nitrogens with one attached hydrogen (secondary N) is 1. The summed E-state index contributed by atoms with van der Waals surface area (Å²) in [6.07, 6.45) is 1.86. The minimum atomic E-state index is -0.866. The van der Waals surface area contributed by atoms with Crippen molar-refractivity contribution < 1.29 is 14.4 Å². The molecule has 0 aliphatic carbocycles. The van der Waals surface area contributed by atoms with E-state index < -0.39 is 11.7 Å². The molecule has 0 saturated heterocycles. The number of hydrogen-bond donors (Lipinski definition) is 2. The van der Waals surface area contributed by atoms with E-state index in [1.54, 1.807) is 18.2 Å². The normalized spacial score (nSPS) is 8.78. The lowest BCUT2D eigenvalue weighted by molar-refractivity contribution is 0.0693. The van der Waals surface area contributed by atoms with Crippen LogP contribution in [0.1, 0.15) is 38.1 Å². The van der Waals surface area contributed by atoms with Crippen LogP contribution in [0.3, 0.4) is 0 Å². The summed E-state index contributed by atoms with van der Waals surface area (Å²) in [5, 5.41) is 12.2. The first-order valence-electron chi connectivity index (χ1n) is 8.59. The zero-order chi connectivity index (χ0) is 20.7. The molecule has 2 N–H and O–H groups in total. The number of rotatable bonds is 3. The summed E-state index contributed by atoms with van der Waals surface area (Å²) < 4.78 is 4.36. The Hall–Kier alpha value is -2.80. The van der Waals surface area contributed by atoms with Crippen molar-refractivity contribution in [3.8, 4) is 11.4 Å². The molecule has 3 aromatic rings. The van der Waals surface area contributed by atoms with E-state index in [1.165, 1.54) is 11.8 Å². The van der Waals surface area contributed by atoms with E-state index in [0.29, 0.717) is 11.4 Å². The summed E-state index contributed by atoms with van der Waals surface area (Å²) >= 11 is 1.44. The molecule has 0 saturated carbocycles. The molecular weight excluding hydrogens is 364 g/mol. The molecule has 7 heteroatoms.